The zero-order valence-electron chi connectivity index (χ0n) is 10.1. The van der Waals surface area contributed by atoms with Crippen LogP contribution in [0.4, 0.5) is 0 Å². The van der Waals surface area contributed by atoms with E-state index in [2.05, 4.69) is 5.32 Å². The van der Waals surface area contributed by atoms with Crippen molar-refractivity contribution in [1.29, 1.82) is 0 Å². The molecule has 0 aliphatic heterocycles. The number of carbonyl (C=O) groups is 1. The summed E-state index contributed by atoms with van der Waals surface area (Å²) in [4.78, 5) is 12.7. The molecule has 0 saturated carbocycles. The van der Waals surface area contributed by atoms with Gasteiger partial charge in [0.25, 0.3) is 0 Å². The van der Waals surface area contributed by atoms with Gasteiger partial charge in [-0.15, -0.1) is 11.3 Å². The smallest absolute Gasteiger partial charge is 0.225 e. The van der Waals surface area contributed by atoms with Gasteiger partial charge in [-0.05, 0) is 30.5 Å². The molecule has 0 saturated heterocycles. The van der Waals surface area contributed by atoms with Gasteiger partial charge in [0.2, 0.25) is 5.91 Å². The average Bonchev–Trinajstić information content (AvgIpc) is 2.99. The lowest BCUT2D eigenvalue weighted by molar-refractivity contribution is -0.121. The van der Waals surface area contributed by atoms with E-state index in [0.717, 1.165) is 4.88 Å². The molecule has 2 aromatic rings. The highest BCUT2D eigenvalue weighted by atomic mass is 32.1. The lowest BCUT2D eigenvalue weighted by atomic mass is 10.0. The molecular weight excluding hydrogens is 250 g/mol. The van der Waals surface area contributed by atoms with Gasteiger partial charge in [-0.2, -0.15) is 0 Å². The summed E-state index contributed by atoms with van der Waals surface area (Å²) in [7, 11) is 0. The zero-order valence-corrected chi connectivity index (χ0v) is 10.9. The fraction of sp³-hybridized carbons (Fsp3) is 0.308. The van der Waals surface area contributed by atoms with Crippen LogP contribution in [0.2, 0.25) is 0 Å². The molecule has 5 heteroatoms. The summed E-state index contributed by atoms with van der Waals surface area (Å²) >= 11 is 1.54. The number of aliphatic hydroxyl groups is 1. The molecule has 0 bridgehead atoms. The molecule has 96 valence electrons. The van der Waals surface area contributed by atoms with Crippen molar-refractivity contribution in [1.82, 2.24) is 5.32 Å². The van der Waals surface area contributed by atoms with Crippen molar-refractivity contribution >= 4 is 17.2 Å². The number of furan rings is 1. The molecule has 2 N–H and O–H groups in total. The predicted octanol–water partition coefficient (Wildman–Crippen LogP) is 1.91. The lowest BCUT2D eigenvalue weighted by Crippen LogP contribution is -2.38. The third-order valence-electron chi connectivity index (χ3n) is 2.60. The van der Waals surface area contributed by atoms with E-state index in [4.69, 9.17) is 4.42 Å². The molecular formula is C13H15NO3S. The maximum atomic E-state index is 11.7. The summed E-state index contributed by atoms with van der Waals surface area (Å²) in [5, 5.41) is 14.8. The Kier molecular flexibility index (Phi) is 3.84. The van der Waals surface area contributed by atoms with E-state index in [1.54, 1.807) is 30.4 Å². The highest BCUT2D eigenvalue weighted by Crippen LogP contribution is 2.19. The van der Waals surface area contributed by atoms with Crippen molar-refractivity contribution in [3.63, 3.8) is 0 Å². The molecule has 0 aliphatic rings. The van der Waals surface area contributed by atoms with Crippen molar-refractivity contribution in [3.8, 4) is 0 Å². The van der Waals surface area contributed by atoms with Crippen LogP contribution in [0.5, 0.6) is 0 Å². The summed E-state index contributed by atoms with van der Waals surface area (Å²) in [5.74, 6) is 0.336. The summed E-state index contributed by atoms with van der Waals surface area (Å²) in [6.07, 6.45) is 1.84. The van der Waals surface area contributed by atoms with Crippen molar-refractivity contribution in [2.75, 3.05) is 6.54 Å². The average molecular weight is 265 g/mol. The Morgan fingerprint density at radius 3 is 2.94 bits per heavy atom. The maximum Gasteiger partial charge on any atom is 0.225 e. The minimum atomic E-state index is -1.19. The van der Waals surface area contributed by atoms with E-state index < -0.39 is 5.60 Å². The van der Waals surface area contributed by atoms with Crippen LogP contribution < -0.4 is 5.32 Å². The molecule has 2 aromatic heterocycles. The third-order valence-corrected chi connectivity index (χ3v) is 3.47. The first-order valence-electron chi connectivity index (χ1n) is 5.63. The van der Waals surface area contributed by atoms with Gasteiger partial charge < -0.3 is 14.8 Å². The molecule has 1 amide bonds. The van der Waals surface area contributed by atoms with E-state index in [1.165, 1.54) is 6.26 Å². The van der Waals surface area contributed by atoms with Crippen LogP contribution in [-0.4, -0.2) is 17.6 Å². The molecule has 0 fully saturated rings. The fourth-order valence-corrected chi connectivity index (χ4v) is 2.28. The van der Waals surface area contributed by atoms with E-state index >= 15 is 0 Å². The van der Waals surface area contributed by atoms with Crippen LogP contribution in [0, 0.1) is 0 Å². The minimum Gasteiger partial charge on any atom is -0.466 e. The van der Waals surface area contributed by atoms with Crippen LogP contribution in [0.3, 0.4) is 0 Å². The first kappa shape index (κ1) is 12.9. The molecule has 2 heterocycles. The van der Waals surface area contributed by atoms with E-state index in [-0.39, 0.29) is 12.5 Å². The Hall–Kier alpha value is -1.59. The van der Waals surface area contributed by atoms with E-state index in [0.29, 0.717) is 12.2 Å². The van der Waals surface area contributed by atoms with Crippen LogP contribution >= 0.6 is 11.3 Å². The van der Waals surface area contributed by atoms with Gasteiger partial charge in [0, 0.05) is 4.88 Å². The summed E-state index contributed by atoms with van der Waals surface area (Å²) < 4.78 is 5.14. The van der Waals surface area contributed by atoms with Crippen molar-refractivity contribution in [3.05, 3.63) is 46.5 Å². The molecule has 1 atom stereocenters. The molecule has 0 aliphatic carbocycles. The van der Waals surface area contributed by atoms with Gasteiger partial charge in [-0.25, -0.2) is 0 Å². The van der Waals surface area contributed by atoms with Gasteiger partial charge in [0.15, 0.2) is 0 Å². The number of thiophene rings is 1. The number of nitrogens with one attached hydrogen (secondary N) is 1. The summed E-state index contributed by atoms with van der Waals surface area (Å²) in [6.45, 7) is 1.74. The highest BCUT2D eigenvalue weighted by molar-refractivity contribution is 7.10. The quantitative estimate of drug-likeness (QED) is 0.868. The van der Waals surface area contributed by atoms with Crippen LogP contribution in [0.1, 0.15) is 17.6 Å². The number of hydrogen-bond acceptors (Lipinski definition) is 4. The van der Waals surface area contributed by atoms with Gasteiger partial charge >= 0.3 is 0 Å². The monoisotopic (exact) mass is 265 g/mol. The Bertz CT molecular complexity index is 488. The molecule has 0 spiro atoms. The topological polar surface area (TPSA) is 62.5 Å². The third kappa shape index (κ3) is 3.21. The molecule has 18 heavy (non-hydrogen) atoms. The standard InChI is InChI=1S/C13H15NO3S/c1-13(16,11-5-2-6-17-11)9-14-12(15)8-10-4-3-7-18-10/h2-7,16H,8-9H2,1H3,(H,14,15)/t13-/m1/s1. The second kappa shape index (κ2) is 5.37. The van der Waals surface area contributed by atoms with Crippen LogP contribution in [0.15, 0.2) is 40.3 Å². The SMILES string of the molecule is C[C@@](O)(CNC(=O)Cc1cccs1)c1ccco1. The molecule has 0 radical (unpaired) electrons. The summed E-state index contributed by atoms with van der Waals surface area (Å²) in [5.41, 5.74) is -1.19. The first-order valence-corrected chi connectivity index (χ1v) is 6.51. The number of hydrogen-bond donors (Lipinski definition) is 2. The zero-order chi connectivity index (χ0) is 13.0. The number of carbonyl (C=O) groups excluding carboxylic acids is 1. The largest absolute Gasteiger partial charge is 0.466 e. The normalized spacial score (nSPS) is 14.1. The van der Waals surface area contributed by atoms with Gasteiger partial charge in [0.1, 0.15) is 11.4 Å². The lowest BCUT2D eigenvalue weighted by Gasteiger charge is -2.21. The van der Waals surface area contributed by atoms with Crippen LogP contribution in [0.25, 0.3) is 0 Å². The van der Waals surface area contributed by atoms with E-state index in [9.17, 15) is 9.90 Å². The fourth-order valence-electron chi connectivity index (χ4n) is 1.58. The Morgan fingerprint density at radius 1 is 1.50 bits per heavy atom. The number of rotatable bonds is 5. The van der Waals surface area contributed by atoms with E-state index in [1.807, 2.05) is 17.5 Å². The molecule has 2 rings (SSSR count). The highest BCUT2D eigenvalue weighted by Gasteiger charge is 2.26. The Morgan fingerprint density at radius 2 is 2.33 bits per heavy atom. The second-order valence-electron chi connectivity index (χ2n) is 4.28. The number of amides is 1. The summed E-state index contributed by atoms with van der Waals surface area (Å²) in [6, 6.07) is 7.21. The minimum absolute atomic E-state index is 0.107. The molecule has 4 nitrogen and oxygen atoms in total. The maximum absolute atomic E-state index is 11.7. The van der Waals surface area contributed by atoms with Crippen LogP contribution in [-0.2, 0) is 16.8 Å². The predicted molar refractivity (Wildman–Crippen MR) is 69.3 cm³/mol. The first-order chi connectivity index (χ1) is 8.58. The van der Waals surface area contributed by atoms with Crippen molar-refractivity contribution in [2.24, 2.45) is 0 Å². The van der Waals surface area contributed by atoms with Crippen molar-refractivity contribution in [2.45, 2.75) is 18.9 Å². The van der Waals surface area contributed by atoms with Crippen molar-refractivity contribution < 1.29 is 14.3 Å². The Balaban J connectivity index is 1.86. The van der Waals surface area contributed by atoms with Gasteiger partial charge in [-0.1, -0.05) is 6.07 Å². The van der Waals surface area contributed by atoms with Gasteiger partial charge in [0.05, 0.1) is 19.2 Å². The van der Waals surface area contributed by atoms with Gasteiger partial charge in [-0.3, -0.25) is 4.79 Å². The Labute approximate surface area is 109 Å². The molecule has 0 aromatic carbocycles. The molecule has 0 unspecified atom stereocenters. The second-order valence-corrected chi connectivity index (χ2v) is 5.32.